The zero-order valence-electron chi connectivity index (χ0n) is 7.08. The van der Waals surface area contributed by atoms with Crippen LogP contribution < -0.4 is 5.73 Å². The zero-order valence-corrected chi connectivity index (χ0v) is 9.53. The molecule has 0 saturated carbocycles. The number of hydrogen-bond donors (Lipinski definition) is 1. The minimum atomic E-state index is 0.515. The van der Waals surface area contributed by atoms with Crippen molar-refractivity contribution in [1.82, 2.24) is 10.2 Å². The van der Waals surface area contributed by atoms with Crippen molar-refractivity contribution < 1.29 is 0 Å². The fourth-order valence-corrected chi connectivity index (χ4v) is 3.61. The van der Waals surface area contributed by atoms with Crippen LogP contribution in [0.25, 0.3) is 0 Å². The fraction of sp³-hybridized carbons (Fsp3) is 0. The van der Waals surface area contributed by atoms with Gasteiger partial charge in [0.15, 0.2) is 4.34 Å². The molecule has 0 spiro atoms. The maximum absolute atomic E-state index is 5.47. The number of nitrogens with two attached hydrogens (primary N) is 1. The number of rotatable bonds is 3. The van der Waals surface area contributed by atoms with Crippen LogP contribution in [0, 0.1) is 0 Å². The van der Waals surface area contributed by atoms with E-state index in [9.17, 15) is 0 Å². The van der Waals surface area contributed by atoms with E-state index in [4.69, 9.17) is 5.73 Å². The molecule has 0 aliphatic carbocycles. The fourth-order valence-electron chi connectivity index (χ4n) is 0.814. The van der Waals surface area contributed by atoms with E-state index in [-0.39, 0.29) is 0 Å². The van der Waals surface area contributed by atoms with Crippen molar-refractivity contribution in [1.29, 1.82) is 0 Å². The van der Waals surface area contributed by atoms with Gasteiger partial charge in [-0.1, -0.05) is 40.3 Å². The molecule has 2 aromatic rings. The first kappa shape index (κ1) is 9.82. The largest absolute Gasteiger partial charge is 0.374 e. The second-order valence-corrected chi connectivity index (χ2v) is 5.84. The standard InChI is InChI=1S/C8H7N3S3/c9-7-10-11-8(12-7)14-13-6-4-2-1-3-5-6/h1-5H,(H2,9,10). The van der Waals surface area contributed by atoms with Crippen molar-refractivity contribution in [3.8, 4) is 0 Å². The molecule has 14 heavy (non-hydrogen) atoms. The summed E-state index contributed by atoms with van der Waals surface area (Å²) in [4.78, 5) is 1.20. The van der Waals surface area contributed by atoms with Crippen LogP contribution in [0.1, 0.15) is 0 Å². The number of anilines is 1. The molecule has 1 heterocycles. The molecule has 0 atom stereocenters. The van der Waals surface area contributed by atoms with Crippen molar-refractivity contribution in [3.05, 3.63) is 30.3 Å². The SMILES string of the molecule is Nc1nnc(SSc2ccccc2)s1. The van der Waals surface area contributed by atoms with Crippen LogP contribution in [-0.2, 0) is 0 Å². The summed E-state index contributed by atoms with van der Waals surface area (Å²) in [5.74, 6) is 0. The monoisotopic (exact) mass is 241 g/mol. The number of nitrogens with zero attached hydrogens (tertiary/aromatic N) is 2. The van der Waals surface area contributed by atoms with Gasteiger partial charge in [0.2, 0.25) is 5.13 Å². The second kappa shape index (κ2) is 4.68. The van der Waals surface area contributed by atoms with Gasteiger partial charge >= 0.3 is 0 Å². The lowest BCUT2D eigenvalue weighted by Gasteiger charge is -1.95. The molecule has 1 aromatic heterocycles. The summed E-state index contributed by atoms with van der Waals surface area (Å²) in [7, 11) is 3.23. The van der Waals surface area contributed by atoms with Gasteiger partial charge in [-0.2, -0.15) is 0 Å². The number of nitrogen functional groups attached to an aromatic ring is 1. The maximum atomic E-state index is 5.47. The van der Waals surface area contributed by atoms with Gasteiger partial charge in [-0.25, -0.2) is 0 Å². The Kier molecular flexibility index (Phi) is 3.28. The quantitative estimate of drug-likeness (QED) is 0.837. The first-order valence-corrected chi connectivity index (χ1v) is 6.80. The molecular formula is C8H7N3S3. The molecule has 0 saturated heterocycles. The summed E-state index contributed by atoms with van der Waals surface area (Å²) in [5, 5.41) is 8.17. The van der Waals surface area contributed by atoms with Crippen molar-refractivity contribution in [2.45, 2.75) is 9.24 Å². The molecule has 0 bridgehead atoms. The molecule has 0 aliphatic rings. The Bertz CT molecular complexity index is 401. The molecule has 0 amide bonds. The summed E-state index contributed by atoms with van der Waals surface area (Å²) < 4.78 is 0.886. The Morgan fingerprint density at radius 2 is 1.86 bits per heavy atom. The molecule has 2 N–H and O–H groups in total. The highest BCUT2D eigenvalue weighted by atomic mass is 33.1. The van der Waals surface area contributed by atoms with E-state index in [1.54, 1.807) is 21.6 Å². The third-order valence-corrected chi connectivity index (χ3v) is 4.81. The first-order chi connectivity index (χ1) is 6.84. The Morgan fingerprint density at radius 1 is 1.07 bits per heavy atom. The van der Waals surface area contributed by atoms with E-state index < -0.39 is 0 Å². The average molecular weight is 241 g/mol. The van der Waals surface area contributed by atoms with E-state index in [0.717, 1.165) is 4.34 Å². The van der Waals surface area contributed by atoms with Crippen molar-refractivity contribution in [2.75, 3.05) is 5.73 Å². The molecule has 2 rings (SSSR count). The highest BCUT2D eigenvalue weighted by Crippen LogP contribution is 2.38. The highest BCUT2D eigenvalue weighted by Gasteiger charge is 2.02. The van der Waals surface area contributed by atoms with Gasteiger partial charge in [-0.15, -0.1) is 10.2 Å². The predicted octanol–water partition coefficient (Wildman–Crippen LogP) is 2.92. The average Bonchev–Trinajstić information content (AvgIpc) is 2.63. The van der Waals surface area contributed by atoms with Gasteiger partial charge in [-0.05, 0) is 22.9 Å². The van der Waals surface area contributed by atoms with Crippen LogP contribution >= 0.6 is 32.9 Å². The minimum absolute atomic E-state index is 0.515. The molecule has 0 unspecified atom stereocenters. The van der Waals surface area contributed by atoms with Crippen molar-refractivity contribution >= 4 is 38.1 Å². The Balaban J connectivity index is 1.95. The number of benzene rings is 1. The van der Waals surface area contributed by atoms with E-state index in [2.05, 4.69) is 22.3 Å². The van der Waals surface area contributed by atoms with Gasteiger partial charge in [0, 0.05) is 4.90 Å². The lowest BCUT2D eigenvalue weighted by molar-refractivity contribution is 1.02. The third-order valence-electron chi connectivity index (χ3n) is 1.37. The Labute approximate surface area is 93.5 Å². The van der Waals surface area contributed by atoms with Crippen LogP contribution in [0.4, 0.5) is 5.13 Å². The van der Waals surface area contributed by atoms with Gasteiger partial charge < -0.3 is 5.73 Å². The maximum Gasteiger partial charge on any atom is 0.203 e. The Morgan fingerprint density at radius 3 is 2.50 bits per heavy atom. The molecule has 0 aliphatic heterocycles. The topological polar surface area (TPSA) is 51.8 Å². The summed E-state index contributed by atoms with van der Waals surface area (Å²) in [6.07, 6.45) is 0. The van der Waals surface area contributed by atoms with Crippen LogP contribution in [-0.4, -0.2) is 10.2 Å². The van der Waals surface area contributed by atoms with Crippen LogP contribution in [0.5, 0.6) is 0 Å². The van der Waals surface area contributed by atoms with Crippen LogP contribution in [0.15, 0.2) is 39.6 Å². The molecule has 0 fully saturated rings. The minimum Gasteiger partial charge on any atom is -0.374 e. The molecular weight excluding hydrogens is 234 g/mol. The molecule has 1 aromatic carbocycles. The smallest absolute Gasteiger partial charge is 0.203 e. The molecule has 0 radical (unpaired) electrons. The Hall–Kier alpha value is -0.720. The zero-order chi connectivity index (χ0) is 9.80. The molecule has 3 nitrogen and oxygen atoms in total. The lowest BCUT2D eigenvalue weighted by atomic mass is 10.4. The van der Waals surface area contributed by atoms with E-state index >= 15 is 0 Å². The predicted molar refractivity (Wildman–Crippen MR) is 62.5 cm³/mol. The molecule has 72 valence electrons. The molecule has 6 heteroatoms. The number of aromatic nitrogens is 2. The summed E-state index contributed by atoms with van der Waals surface area (Å²) >= 11 is 1.40. The van der Waals surface area contributed by atoms with Gasteiger partial charge in [0.25, 0.3) is 0 Å². The van der Waals surface area contributed by atoms with Crippen LogP contribution in [0.3, 0.4) is 0 Å². The van der Waals surface area contributed by atoms with Gasteiger partial charge in [0.05, 0.1) is 0 Å². The van der Waals surface area contributed by atoms with Gasteiger partial charge in [0.1, 0.15) is 0 Å². The summed E-state index contributed by atoms with van der Waals surface area (Å²) in [5.41, 5.74) is 5.47. The van der Waals surface area contributed by atoms with E-state index in [1.807, 2.05) is 18.2 Å². The highest BCUT2D eigenvalue weighted by molar-refractivity contribution is 8.77. The third kappa shape index (κ3) is 2.63. The number of hydrogen-bond acceptors (Lipinski definition) is 6. The lowest BCUT2D eigenvalue weighted by Crippen LogP contribution is -1.79. The summed E-state index contributed by atoms with van der Waals surface area (Å²) in [6, 6.07) is 10.1. The van der Waals surface area contributed by atoms with Crippen LogP contribution in [0.2, 0.25) is 0 Å². The van der Waals surface area contributed by atoms with Crippen molar-refractivity contribution in [2.24, 2.45) is 0 Å². The van der Waals surface area contributed by atoms with Gasteiger partial charge in [-0.3, -0.25) is 0 Å². The van der Waals surface area contributed by atoms with Crippen molar-refractivity contribution in [3.63, 3.8) is 0 Å². The van der Waals surface area contributed by atoms with E-state index in [0.29, 0.717) is 5.13 Å². The normalized spacial score (nSPS) is 10.3. The van der Waals surface area contributed by atoms with E-state index in [1.165, 1.54) is 16.2 Å². The first-order valence-electron chi connectivity index (χ1n) is 3.83. The summed E-state index contributed by atoms with van der Waals surface area (Å²) in [6.45, 7) is 0. The second-order valence-electron chi connectivity index (χ2n) is 2.39.